The number of nitrogens with one attached hydrogen (secondary N) is 1. The first-order valence-electron chi connectivity index (χ1n) is 13.0. The van der Waals surface area contributed by atoms with E-state index in [0.717, 1.165) is 73.4 Å². The van der Waals surface area contributed by atoms with Crippen molar-refractivity contribution in [1.82, 2.24) is 14.9 Å². The molecule has 3 aromatic carbocycles. The number of benzene rings is 3. The average molecular weight is 484 g/mol. The summed E-state index contributed by atoms with van der Waals surface area (Å²) in [5.41, 5.74) is 5.75. The smallest absolute Gasteiger partial charge is 0.220 e. The predicted octanol–water partition coefficient (Wildman–Crippen LogP) is 6.19. The molecule has 1 amide bonds. The molecule has 0 radical (unpaired) electrons. The molecule has 0 aliphatic carbocycles. The molecule has 0 saturated heterocycles. The summed E-state index contributed by atoms with van der Waals surface area (Å²) in [6, 6.07) is 24.8. The molecule has 1 heterocycles. The second kappa shape index (κ2) is 12.9. The number of amides is 1. The molecule has 0 fully saturated rings. The molecule has 1 N–H and O–H groups in total. The van der Waals surface area contributed by atoms with Crippen LogP contribution in [0.5, 0.6) is 5.75 Å². The highest BCUT2D eigenvalue weighted by atomic mass is 16.5. The second-order valence-electron chi connectivity index (χ2n) is 9.43. The van der Waals surface area contributed by atoms with Crippen molar-refractivity contribution in [1.29, 1.82) is 0 Å². The third-order valence-electron chi connectivity index (χ3n) is 6.53. The number of carbonyl (C=O) groups is 1. The highest BCUT2D eigenvalue weighted by Gasteiger charge is 2.11. The molecular formula is C31H37N3O2. The Labute approximate surface area is 214 Å². The van der Waals surface area contributed by atoms with Crippen molar-refractivity contribution in [2.75, 3.05) is 13.2 Å². The predicted molar refractivity (Wildman–Crippen MR) is 146 cm³/mol. The summed E-state index contributed by atoms with van der Waals surface area (Å²) in [5.74, 6) is 2.18. The van der Waals surface area contributed by atoms with E-state index in [0.29, 0.717) is 13.0 Å². The topological polar surface area (TPSA) is 56.1 Å². The summed E-state index contributed by atoms with van der Waals surface area (Å²) in [6.45, 7) is 6.27. The van der Waals surface area contributed by atoms with Crippen LogP contribution in [0.25, 0.3) is 11.0 Å². The Kier molecular flexibility index (Phi) is 9.15. The Morgan fingerprint density at radius 1 is 0.917 bits per heavy atom. The molecule has 1 aromatic heterocycles. The van der Waals surface area contributed by atoms with E-state index < -0.39 is 0 Å². The maximum absolute atomic E-state index is 12.1. The zero-order valence-corrected chi connectivity index (χ0v) is 21.5. The molecule has 0 atom stereocenters. The molecule has 5 heteroatoms. The third-order valence-corrected chi connectivity index (χ3v) is 6.53. The van der Waals surface area contributed by atoms with Crippen molar-refractivity contribution in [3.8, 4) is 5.75 Å². The number of ether oxygens (including phenoxy) is 1. The third kappa shape index (κ3) is 7.20. The Morgan fingerprint density at radius 3 is 2.58 bits per heavy atom. The second-order valence-corrected chi connectivity index (χ2v) is 9.43. The number of hydrogen-bond acceptors (Lipinski definition) is 3. The normalized spacial score (nSPS) is 11.1. The number of hydrogen-bond donors (Lipinski definition) is 1. The van der Waals surface area contributed by atoms with Gasteiger partial charge in [0.1, 0.15) is 18.2 Å². The summed E-state index contributed by atoms with van der Waals surface area (Å²) in [7, 11) is 0. The largest absolute Gasteiger partial charge is 0.491 e. The van der Waals surface area contributed by atoms with Gasteiger partial charge in [-0.15, -0.1) is 0 Å². The lowest BCUT2D eigenvalue weighted by Gasteiger charge is -2.13. The number of aromatic nitrogens is 2. The van der Waals surface area contributed by atoms with Crippen LogP contribution < -0.4 is 10.1 Å². The van der Waals surface area contributed by atoms with E-state index in [-0.39, 0.29) is 5.91 Å². The monoisotopic (exact) mass is 483 g/mol. The van der Waals surface area contributed by atoms with Crippen molar-refractivity contribution >= 4 is 16.9 Å². The van der Waals surface area contributed by atoms with Crippen LogP contribution in [0.15, 0.2) is 72.8 Å². The molecule has 4 aromatic rings. The van der Waals surface area contributed by atoms with Gasteiger partial charge in [0.25, 0.3) is 0 Å². The van der Waals surface area contributed by atoms with Gasteiger partial charge in [-0.1, -0.05) is 61.0 Å². The lowest BCUT2D eigenvalue weighted by Crippen LogP contribution is -2.24. The van der Waals surface area contributed by atoms with Gasteiger partial charge in [-0.3, -0.25) is 4.79 Å². The van der Waals surface area contributed by atoms with Gasteiger partial charge in [0.15, 0.2) is 0 Å². The quantitative estimate of drug-likeness (QED) is 0.231. The summed E-state index contributed by atoms with van der Waals surface area (Å²) in [5, 5.41) is 3.06. The van der Waals surface area contributed by atoms with Gasteiger partial charge in [0.2, 0.25) is 5.91 Å². The zero-order chi connectivity index (χ0) is 25.2. The molecular weight excluding hydrogens is 446 g/mol. The first kappa shape index (κ1) is 25.5. The fourth-order valence-corrected chi connectivity index (χ4v) is 4.48. The zero-order valence-electron chi connectivity index (χ0n) is 21.5. The molecule has 0 aliphatic heterocycles. The molecule has 188 valence electrons. The SMILES string of the molecule is Cc1ccc(C)c(OCCn2c(CCCCCNC(=O)CCc3ccccc3)nc3ccccc32)c1. The number of para-hydroxylation sites is 2. The Balaban J connectivity index is 1.22. The average Bonchev–Trinajstić information content (AvgIpc) is 3.25. The lowest BCUT2D eigenvalue weighted by molar-refractivity contribution is -0.121. The Hall–Kier alpha value is -3.60. The first-order valence-corrected chi connectivity index (χ1v) is 13.0. The van der Waals surface area contributed by atoms with Gasteiger partial charge in [0.05, 0.1) is 17.6 Å². The highest BCUT2D eigenvalue weighted by molar-refractivity contribution is 5.76. The number of nitrogens with zero attached hydrogens (tertiary/aromatic N) is 2. The van der Waals surface area contributed by atoms with Gasteiger partial charge in [-0.05, 0) is 68.0 Å². The number of unbranched alkanes of at least 4 members (excludes halogenated alkanes) is 2. The van der Waals surface area contributed by atoms with Crippen LogP contribution in [0.3, 0.4) is 0 Å². The number of imidazole rings is 1. The first-order chi connectivity index (χ1) is 17.6. The Morgan fingerprint density at radius 2 is 1.72 bits per heavy atom. The van der Waals surface area contributed by atoms with Crippen LogP contribution in [0, 0.1) is 13.8 Å². The molecule has 0 unspecified atom stereocenters. The number of aryl methyl sites for hydroxylation is 4. The van der Waals surface area contributed by atoms with E-state index in [4.69, 9.17) is 9.72 Å². The molecule has 0 spiro atoms. The van der Waals surface area contributed by atoms with E-state index in [1.54, 1.807) is 0 Å². The van der Waals surface area contributed by atoms with Crippen molar-refractivity contribution in [3.63, 3.8) is 0 Å². The van der Waals surface area contributed by atoms with E-state index in [9.17, 15) is 4.79 Å². The standard InChI is InChI=1S/C31H37N3O2/c1-24-16-17-25(2)29(23-24)36-22-21-34-28-14-9-8-13-27(28)33-30(34)15-7-4-10-20-32-31(35)19-18-26-11-5-3-6-12-26/h3,5-6,8-9,11-14,16-17,23H,4,7,10,15,18-22H2,1-2H3,(H,32,35). The van der Waals surface area contributed by atoms with E-state index >= 15 is 0 Å². The van der Waals surface area contributed by atoms with E-state index in [1.165, 1.54) is 11.1 Å². The van der Waals surface area contributed by atoms with Crippen LogP contribution >= 0.6 is 0 Å². The fraction of sp³-hybridized carbons (Fsp3) is 0.355. The molecule has 0 saturated carbocycles. The summed E-state index contributed by atoms with van der Waals surface area (Å²) in [4.78, 5) is 17.0. The van der Waals surface area contributed by atoms with Crippen molar-refractivity contribution in [2.24, 2.45) is 0 Å². The molecule has 0 aliphatic rings. The van der Waals surface area contributed by atoms with Crippen LogP contribution in [0.2, 0.25) is 0 Å². The minimum Gasteiger partial charge on any atom is -0.491 e. The van der Waals surface area contributed by atoms with Crippen molar-refractivity contribution < 1.29 is 9.53 Å². The van der Waals surface area contributed by atoms with Gasteiger partial charge in [-0.25, -0.2) is 4.98 Å². The van der Waals surface area contributed by atoms with Crippen LogP contribution in [0.4, 0.5) is 0 Å². The number of carbonyl (C=O) groups excluding carboxylic acids is 1. The summed E-state index contributed by atoms with van der Waals surface area (Å²) >= 11 is 0. The highest BCUT2D eigenvalue weighted by Crippen LogP contribution is 2.21. The Bertz CT molecular complexity index is 1260. The summed E-state index contributed by atoms with van der Waals surface area (Å²) < 4.78 is 8.43. The number of rotatable bonds is 13. The minimum atomic E-state index is 0.129. The molecule has 36 heavy (non-hydrogen) atoms. The van der Waals surface area contributed by atoms with Gasteiger partial charge >= 0.3 is 0 Å². The van der Waals surface area contributed by atoms with Crippen LogP contribution in [-0.2, 0) is 24.2 Å². The van der Waals surface area contributed by atoms with E-state index in [1.807, 2.05) is 24.3 Å². The maximum atomic E-state index is 12.1. The molecule has 5 nitrogen and oxygen atoms in total. The lowest BCUT2D eigenvalue weighted by atomic mass is 10.1. The van der Waals surface area contributed by atoms with Gasteiger partial charge < -0.3 is 14.6 Å². The summed E-state index contributed by atoms with van der Waals surface area (Å²) in [6.07, 6.45) is 5.32. The minimum absolute atomic E-state index is 0.129. The molecule has 4 rings (SSSR count). The fourth-order valence-electron chi connectivity index (χ4n) is 4.48. The van der Waals surface area contributed by atoms with Gasteiger partial charge in [0, 0.05) is 19.4 Å². The van der Waals surface area contributed by atoms with Gasteiger partial charge in [-0.2, -0.15) is 0 Å². The van der Waals surface area contributed by atoms with Crippen molar-refractivity contribution in [2.45, 2.75) is 58.9 Å². The number of fused-ring (bicyclic) bond motifs is 1. The van der Waals surface area contributed by atoms with Crippen molar-refractivity contribution in [3.05, 3.63) is 95.3 Å². The van der Waals surface area contributed by atoms with Crippen LogP contribution in [0.1, 0.15) is 48.2 Å². The maximum Gasteiger partial charge on any atom is 0.220 e. The molecule has 0 bridgehead atoms. The van der Waals surface area contributed by atoms with Crippen LogP contribution in [-0.4, -0.2) is 28.6 Å². The van der Waals surface area contributed by atoms with E-state index in [2.05, 4.69) is 72.3 Å².